The quantitative estimate of drug-likeness (QED) is 0.933. The van der Waals surface area contributed by atoms with Gasteiger partial charge in [0.1, 0.15) is 16.2 Å². The molecule has 4 heteroatoms. The molecule has 0 aliphatic carbocycles. The molecule has 20 heavy (non-hydrogen) atoms. The minimum absolute atomic E-state index is 0.164. The third kappa shape index (κ3) is 2.65. The van der Waals surface area contributed by atoms with Gasteiger partial charge in [-0.05, 0) is 24.6 Å². The minimum Gasteiger partial charge on any atom is -0.497 e. The van der Waals surface area contributed by atoms with Crippen LogP contribution in [0, 0.1) is 6.92 Å². The normalized spacial score (nSPS) is 17.5. The smallest absolute Gasteiger partial charge is 0.126 e. The summed E-state index contributed by atoms with van der Waals surface area (Å²) in [5, 5.41) is 5.63. The lowest BCUT2D eigenvalue weighted by Crippen LogP contribution is -2.06. The zero-order valence-corrected chi connectivity index (χ0v) is 12.3. The van der Waals surface area contributed by atoms with E-state index in [9.17, 15) is 0 Å². The Kier molecular flexibility index (Phi) is 3.65. The Bertz CT molecular complexity index is 620. The van der Waals surface area contributed by atoms with E-state index in [0.29, 0.717) is 0 Å². The van der Waals surface area contributed by atoms with Crippen molar-refractivity contribution in [3.05, 3.63) is 65.2 Å². The highest BCUT2D eigenvalue weighted by Gasteiger charge is 2.21. The highest BCUT2D eigenvalue weighted by atomic mass is 32.2. The molecule has 3 rings (SSSR count). The maximum atomic E-state index is 5.18. The molecule has 0 spiro atoms. The number of aryl methyl sites for hydroxylation is 1. The molecule has 2 aromatic carbocycles. The maximum absolute atomic E-state index is 5.18. The van der Waals surface area contributed by atoms with Crippen molar-refractivity contribution in [1.29, 1.82) is 0 Å². The number of hydrogen-bond acceptors (Lipinski definition) is 4. The van der Waals surface area contributed by atoms with Crippen molar-refractivity contribution >= 4 is 16.8 Å². The van der Waals surface area contributed by atoms with E-state index in [0.717, 1.165) is 16.4 Å². The average molecular weight is 284 g/mol. The van der Waals surface area contributed by atoms with Crippen LogP contribution in [0.2, 0.25) is 0 Å². The van der Waals surface area contributed by atoms with Gasteiger partial charge in [-0.1, -0.05) is 53.7 Å². The summed E-state index contributed by atoms with van der Waals surface area (Å²) in [4.78, 5) is 0. The zero-order chi connectivity index (χ0) is 13.9. The van der Waals surface area contributed by atoms with Crippen molar-refractivity contribution in [3.63, 3.8) is 0 Å². The lowest BCUT2D eigenvalue weighted by atomic mass is 10.2. The van der Waals surface area contributed by atoms with E-state index in [1.54, 1.807) is 18.9 Å². The van der Waals surface area contributed by atoms with Crippen LogP contribution in [0.5, 0.6) is 5.75 Å². The fourth-order valence-corrected chi connectivity index (χ4v) is 3.03. The van der Waals surface area contributed by atoms with Crippen molar-refractivity contribution in [3.8, 4) is 5.75 Å². The summed E-state index contributed by atoms with van der Waals surface area (Å²) in [5.41, 5.74) is 6.80. The van der Waals surface area contributed by atoms with Crippen molar-refractivity contribution in [2.24, 2.45) is 5.10 Å². The second kappa shape index (κ2) is 5.59. The molecule has 2 aromatic rings. The van der Waals surface area contributed by atoms with E-state index >= 15 is 0 Å². The van der Waals surface area contributed by atoms with Gasteiger partial charge in [0.2, 0.25) is 0 Å². The number of nitrogens with one attached hydrogen (secondary N) is 1. The summed E-state index contributed by atoms with van der Waals surface area (Å²) in [6.45, 7) is 2.09. The highest BCUT2D eigenvalue weighted by molar-refractivity contribution is 8.14. The van der Waals surface area contributed by atoms with Gasteiger partial charge >= 0.3 is 0 Å². The third-order valence-corrected chi connectivity index (χ3v) is 4.39. The third-order valence-electron chi connectivity index (χ3n) is 3.23. The molecule has 0 saturated carbocycles. The Morgan fingerprint density at radius 1 is 1.05 bits per heavy atom. The molecule has 0 radical (unpaired) electrons. The van der Waals surface area contributed by atoms with Crippen molar-refractivity contribution in [1.82, 2.24) is 5.43 Å². The number of methoxy groups -OCH3 is 1. The van der Waals surface area contributed by atoms with E-state index in [4.69, 9.17) is 4.74 Å². The summed E-state index contributed by atoms with van der Waals surface area (Å²) < 4.78 is 5.18. The van der Waals surface area contributed by atoms with Crippen molar-refractivity contribution in [2.75, 3.05) is 7.11 Å². The van der Waals surface area contributed by atoms with E-state index in [1.807, 2.05) is 12.1 Å². The highest BCUT2D eigenvalue weighted by Crippen LogP contribution is 2.34. The van der Waals surface area contributed by atoms with Gasteiger partial charge in [-0.3, -0.25) is 5.43 Å². The second-order valence-electron chi connectivity index (χ2n) is 4.68. The molecule has 1 N–H and O–H groups in total. The van der Waals surface area contributed by atoms with Gasteiger partial charge in [0.25, 0.3) is 0 Å². The average Bonchev–Trinajstić information content (AvgIpc) is 2.98. The number of hydrazone groups is 1. The first-order valence-electron chi connectivity index (χ1n) is 6.47. The maximum Gasteiger partial charge on any atom is 0.126 e. The van der Waals surface area contributed by atoms with Gasteiger partial charge in [-0.2, -0.15) is 5.10 Å². The van der Waals surface area contributed by atoms with E-state index in [1.165, 1.54) is 11.1 Å². The molecule has 102 valence electrons. The first-order valence-corrected chi connectivity index (χ1v) is 7.35. The molecule has 1 aliphatic heterocycles. The van der Waals surface area contributed by atoms with Gasteiger partial charge < -0.3 is 4.74 Å². The Morgan fingerprint density at radius 3 is 2.40 bits per heavy atom. The summed E-state index contributed by atoms with van der Waals surface area (Å²) in [6.07, 6.45) is 0. The van der Waals surface area contributed by atoms with Crippen LogP contribution in [0.4, 0.5) is 0 Å². The van der Waals surface area contributed by atoms with Crippen LogP contribution in [0.25, 0.3) is 0 Å². The standard InChI is InChI=1S/C16H16N2OS/c1-11-3-5-12(6-4-11)15-17-18-16(20-15)13-7-9-14(19-2)10-8-13/h3-10,16,18H,1-2H3/t16-/m0/s1. The van der Waals surface area contributed by atoms with Crippen molar-refractivity contribution < 1.29 is 4.74 Å². The Labute approximate surface area is 123 Å². The fraction of sp³-hybridized carbons (Fsp3) is 0.188. The molecule has 1 heterocycles. The molecule has 1 aliphatic rings. The SMILES string of the molecule is COc1ccc([C@H]2NN=C(c3ccc(C)cc3)S2)cc1. The van der Waals surface area contributed by atoms with Crippen LogP contribution >= 0.6 is 11.8 Å². The van der Waals surface area contributed by atoms with Crippen LogP contribution in [-0.2, 0) is 0 Å². The van der Waals surface area contributed by atoms with E-state index < -0.39 is 0 Å². The molecule has 1 atom stereocenters. The second-order valence-corrected chi connectivity index (χ2v) is 5.78. The summed E-state index contributed by atoms with van der Waals surface area (Å²) in [5.74, 6) is 0.872. The number of thioether (sulfide) groups is 1. The molecule has 0 unspecified atom stereocenters. The van der Waals surface area contributed by atoms with Crippen LogP contribution in [0.3, 0.4) is 0 Å². The van der Waals surface area contributed by atoms with Gasteiger partial charge in [0, 0.05) is 5.56 Å². The van der Waals surface area contributed by atoms with Gasteiger partial charge in [-0.15, -0.1) is 0 Å². The molecular weight excluding hydrogens is 268 g/mol. The molecule has 0 saturated heterocycles. The van der Waals surface area contributed by atoms with Gasteiger partial charge in [0.15, 0.2) is 0 Å². The largest absolute Gasteiger partial charge is 0.497 e. The van der Waals surface area contributed by atoms with E-state index in [-0.39, 0.29) is 5.37 Å². The Balaban J connectivity index is 1.73. The number of benzene rings is 2. The molecule has 0 aromatic heterocycles. The molecule has 0 bridgehead atoms. The van der Waals surface area contributed by atoms with E-state index in [2.05, 4.69) is 53.8 Å². The first-order chi connectivity index (χ1) is 9.76. The van der Waals surface area contributed by atoms with Crippen molar-refractivity contribution in [2.45, 2.75) is 12.3 Å². The number of nitrogens with zero attached hydrogens (tertiary/aromatic N) is 1. The first kappa shape index (κ1) is 13.1. The predicted molar refractivity (Wildman–Crippen MR) is 84.2 cm³/mol. The van der Waals surface area contributed by atoms with Crippen LogP contribution in [-0.4, -0.2) is 12.2 Å². The molecule has 3 nitrogen and oxygen atoms in total. The Hall–Kier alpha value is -1.94. The zero-order valence-electron chi connectivity index (χ0n) is 11.5. The van der Waals surface area contributed by atoms with Gasteiger partial charge in [-0.25, -0.2) is 0 Å². The number of hydrogen-bond donors (Lipinski definition) is 1. The topological polar surface area (TPSA) is 33.6 Å². The number of ether oxygens (including phenoxy) is 1. The van der Waals surface area contributed by atoms with Gasteiger partial charge in [0.05, 0.1) is 7.11 Å². The van der Waals surface area contributed by atoms with Crippen LogP contribution < -0.4 is 10.2 Å². The monoisotopic (exact) mass is 284 g/mol. The lowest BCUT2D eigenvalue weighted by molar-refractivity contribution is 0.414. The Morgan fingerprint density at radius 2 is 1.75 bits per heavy atom. The summed E-state index contributed by atoms with van der Waals surface area (Å²) >= 11 is 1.73. The van der Waals surface area contributed by atoms with Crippen LogP contribution in [0.15, 0.2) is 53.6 Å². The fourth-order valence-electron chi connectivity index (χ4n) is 2.03. The summed E-state index contributed by atoms with van der Waals surface area (Å²) in [6, 6.07) is 16.5. The molecular formula is C16H16N2OS. The lowest BCUT2D eigenvalue weighted by Gasteiger charge is -2.10. The number of rotatable bonds is 3. The van der Waals surface area contributed by atoms with Crippen LogP contribution in [0.1, 0.15) is 22.1 Å². The molecule has 0 fully saturated rings. The predicted octanol–water partition coefficient (Wildman–Crippen LogP) is 3.70. The minimum atomic E-state index is 0.164. The summed E-state index contributed by atoms with van der Waals surface area (Å²) in [7, 11) is 1.68. The molecule has 0 amide bonds.